The van der Waals surface area contributed by atoms with Crippen LogP contribution in [0.5, 0.6) is 0 Å². The number of anilines is 1. The van der Waals surface area contributed by atoms with Crippen LogP contribution in [0.25, 0.3) is 0 Å². The number of aromatic nitrogens is 1. The lowest BCUT2D eigenvalue weighted by Gasteiger charge is -2.19. The first kappa shape index (κ1) is 16.8. The average Bonchev–Trinajstić information content (AvgIpc) is 2.55. The third kappa shape index (κ3) is 4.21. The molecule has 1 unspecified atom stereocenters. The van der Waals surface area contributed by atoms with Crippen LogP contribution >= 0.6 is 11.6 Å². The maximum absolute atomic E-state index is 12.5. The highest BCUT2D eigenvalue weighted by atomic mass is 35.5. The number of hydrogen-bond donors (Lipinski definition) is 1. The molecular weight excluding hydrogens is 314 g/mol. The highest BCUT2D eigenvalue weighted by molar-refractivity contribution is 6.30. The number of nitrogens with zero attached hydrogens (tertiary/aromatic N) is 2. The van der Waals surface area contributed by atoms with E-state index in [0.717, 1.165) is 6.42 Å². The first-order valence-corrected chi connectivity index (χ1v) is 7.61. The Morgan fingerprint density at radius 1 is 1.30 bits per heavy atom. The van der Waals surface area contributed by atoms with E-state index in [-0.39, 0.29) is 11.5 Å². The van der Waals surface area contributed by atoms with Crippen LogP contribution in [0.4, 0.5) is 5.69 Å². The van der Waals surface area contributed by atoms with Gasteiger partial charge in [-0.2, -0.15) is 5.26 Å². The molecular formula is C17H16ClN3O2. The molecule has 0 aliphatic rings. The van der Waals surface area contributed by atoms with E-state index in [0.29, 0.717) is 22.7 Å². The van der Waals surface area contributed by atoms with Gasteiger partial charge in [-0.25, -0.2) is 0 Å². The third-order valence-corrected chi connectivity index (χ3v) is 3.61. The molecule has 0 bridgehead atoms. The Balaban J connectivity index is 2.26. The summed E-state index contributed by atoms with van der Waals surface area (Å²) in [5.74, 6) is -0.291. The SMILES string of the molecule is CCCC(C(=O)Nc1ccc(C#N)cc1)n1cc(Cl)ccc1=O. The number of pyridine rings is 1. The number of benzene rings is 1. The molecule has 1 heterocycles. The molecule has 1 N–H and O–H groups in total. The first-order chi connectivity index (χ1) is 11.0. The van der Waals surface area contributed by atoms with Gasteiger partial charge in [0.05, 0.1) is 16.7 Å². The van der Waals surface area contributed by atoms with Crippen LogP contribution in [0, 0.1) is 11.3 Å². The molecule has 0 aliphatic carbocycles. The number of hydrogen-bond acceptors (Lipinski definition) is 3. The standard InChI is InChI=1S/C17H16ClN3O2/c1-2-3-15(21-11-13(18)6-9-16(21)22)17(23)20-14-7-4-12(10-19)5-8-14/h4-9,11,15H,2-3H2,1H3,(H,20,23). The predicted octanol–water partition coefficient (Wildman–Crippen LogP) is 3.35. The molecule has 1 amide bonds. The monoisotopic (exact) mass is 329 g/mol. The van der Waals surface area contributed by atoms with E-state index < -0.39 is 6.04 Å². The largest absolute Gasteiger partial charge is 0.324 e. The summed E-state index contributed by atoms with van der Waals surface area (Å²) < 4.78 is 1.35. The van der Waals surface area contributed by atoms with Crippen molar-refractivity contribution in [2.75, 3.05) is 5.32 Å². The molecule has 0 spiro atoms. The van der Waals surface area contributed by atoms with Crippen molar-refractivity contribution in [2.45, 2.75) is 25.8 Å². The summed E-state index contributed by atoms with van der Waals surface area (Å²) in [4.78, 5) is 24.6. The molecule has 5 nitrogen and oxygen atoms in total. The summed E-state index contributed by atoms with van der Waals surface area (Å²) in [6, 6.07) is 10.8. The van der Waals surface area contributed by atoms with E-state index in [9.17, 15) is 9.59 Å². The smallest absolute Gasteiger partial charge is 0.251 e. The fourth-order valence-electron chi connectivity index (χ4n) is 2.24. The maximum atomic E-state index is 12.5. The molecule has 0 aliphatic heterocycles. The Morgan fingerprint density at radius 2 is 2.00 bits per heavy atom. The van der Waals surface area contributed by atoms with Gasteiger partial charge in [0.1, 0.15) is 6.04 Å². The number of carbonyl (C=O) groups excluding carboxylic acids is 1. The van der Waals surface area contributed by atoms with Crippen LogP contribution < -0.4 is 10.9 Å². The molecule has 0 saturated carbocycles. The normalized spacial score (nSPS) is 11.5. The number of carbonyl (C=O) groups is 1. The van der Waals surface area contributed by atoms with Crippen LogP contribution in [0.1, 0.15) is 31.4 Å². The first-order valence-electron chi connectivity index (χ1n) is 7.24. The van der Waals surface area contributed by atoms with Crippen LogP contribution in [0.2, 0.25) is 5.02 Å². The van der Waals surface area contributed by atoms with Gasteiger partial charge < -0.3 is 9.88 Å². The molecule has 2 rings (SSSR count). The molecule has 0 radical (unpaired) electrons. The van der Waals surface area contributed by atoms with Gasteiger partial charge in [0.25, 0.3) is 5.56 Å². The summed E-state index contributed by atoms with van der Waals surface area (Å²) in [7, 11) is 0. The van der Waals surface area contributed by atoms with Crippen molar-refractivity contribution in [3.05, 3.63) is 63.5 Å². The Morgan fingerprint density at radius 3 is 2.61 bits per heavy atom. The molecule has 0 fully saturated rings. The van der Waals surface area contributed by atoms with Gasteiger partial charge >= 0.3 is 0 Å². The van der Waals surface area contributed by atoms with E-state index in [4.69, 9.17) is 16.9 Å². The highest BCUT2D eigenvalue weighted by Crippen LogP contribution is 2.18. The lowest BCUT2D eigenvalue weighted by molar-refractivity contribution is -0.119. The number of halogens is 1. The second-order valence-electron chi connectivity index (χ2n) is 5.08. The molecule has 2 aromatic rings. The maximum Gasteiger partial charge on any atom is 0.251 e. The number of nitriles is 1. The van der Waals surface area contributed by atoms with Crippen molar-refractivity contribution < 1.29 is 4.79 Å². The Hall–Kier alpha value is -2.58. The quantitative estimate of drug-likeness (QED) is 0.914. The zero-order valence-corrected chi connectivity index (χ0v) is 13.4. The van der Waals surface area contributed by atoms with Gasteiger partial charge in [-0.05, 0) is 36.8 Å². The van der Waals surface area contributed by atoms with Gasteiger partial charge in [-0.15, -0.1) is 0 Å². The second-order valence-corrected chi connectivity index (χ2v) is 5.51. The van der Waals surface area contributed by atoms with Crippen LogP contribution in [0.15, 0.2) is 47.4 Å². The minimum atomic E-state index is -0.637. The highest BCUT2D eigenvalue weighted by Gasteiger charge is 2.20. The minimum Gasteiger partial charge on any atom is -0.324 e. The molecule has 23 heavy (non-hydrogen) atoms. The average molecular weight is 330 g/mol. The van der Waals surface area contributed by atoms with Gasteiger partial charge in [0.2, 0.25) is 5.91 Å². The molecule has 118 valence electrons. The van der Waals surface area contributed by atoms with Gasteiger partial charge in [-0.3, -0.25) is 9.59 Å². The van der Waals surface area contributed by atoms with Crippen molar-refractivity contribution >= 4 is 23.2 Å². The summed E-state index contributed by atoms with van der Waals surface area (Å²) in [6.07, 6.45) is 2.73. The van der Waals surface area contributed by atoms with Crippen LogP contribution in [-0.4, -0.2) is 10.5 Å². The zero-order chi connectivity index (χ0) is 16.8. The fourth-order valence-corrected chi connectivity index (χ4v) is 2.41. The molecule has 1 atom stereocenters. The van der Waals surface area contributed by atoms with Crippen molar-refractivity contribution in [2.24, 2.45) is 0 Å². The zero-order valence-electron chi connectivity index (χ0n) is 12.6. The van der Waals surface area contributed by atoms with E-state index in [1.807, 2.05) is 13.0 Å². The summed E-state index contributed by atoms with van der Waals surface area (Å²) in [5, 5.41) is 12.0. The van der Waals surface area contributed by atoms with E-state index in [2.05, 4.69) is 5.32 Å². The fraction of sp³-hybridized carbons (Fsp3) is 0.235. The predicted molar refractivity (Wildman–Crippen MR) is 89.4 cm³/mol. The lowest BCUT2D eigenvalue weighted by atomic mass is 10.1. The van der Waals surface area contributed by atoms with Crippen molar-refractivity contribution in [1.29, 1.82) is 5.26 Å². The molecule has 6 heteroatoms. The third-order valence-electron chi connectivity index (χ3n) is 3.38. The number of nitrogens with one attached hydrogen (secondary N) is 1. The minimum absolute atomic E-state index is 0.275. The molecule has 1 aromatic heterocycles. The van der Waals surface area contributed by atoms with Crippen LogP contribution in [-0.2, 0) is 4.79 Å². The topological polar surface area (TPSA) is 74.9 Å². The van der Waals surface area contributed by atoms with Crippen LogP contribution in [0.3, 0.4) is 0 Å². The van der Waals surface area contributed by atoms with Gasteiger partial charge in [0, 0.05) is 18.0 Å². The number of amides is 1. The van der Waals surface area contributed by atoms with Crippen molar-refractivity contribution in [3.63, 3.8) is 0 Å². The Kier molecular flexibility index (Phi) is 5.56. The van der Waals surface area contributed by atoms with Crippen molar-refractivity contribution in [3.8, 4) is 6.07 Å². The summed E-state index contributed by atoms with van der Waals surface area (Å²) in [5.41, 5.74) is 0.812. The number of rotatable bonds is 5. The second kappa shape index (κ2) is 7.61. The van der Waals surface area contributed by atoms with Gasteiger partial charge in [-0.1, -0.05) is 24.9 Å². The van der Waals surface area contributed by atoms with E-state index in [1.165, 1.54) is 22.9 Å². The molecule has 0 saturated heterocycles. The van der Waals surface area contributed by atoms with Gasteiger partial charge in [0.15, 0.2) is 0 Å². The Bertz CT molecular complexity index is 791. The Labute approximate surface area is 139 Å². The van der Waals surface area contributed by atoms with E-state index in [1.54, 1.807) is 24.3 Å². The summed E-state index contributed by atoms with van der Waals surface area (Å²) >= 11 is 5.94. The molecule has 1 aromatic carbocycles. The lowest BCUT2D eigenvalue weighted by Crippen LogP contribution is -2.32. The summed E-state index contributed by atoms with van der Waals surface area (Å²) in [6.45, 7) is 1.94. The van der Waals surface area contributed by atoms with E-state index >= 15 is 0 Å². The van der Waals surface area contributed by atoms with Crippen molar-refractivity contribution in [1.82, 2.24) is 4.57 Å².